The number of nitrogens with zero attached hydrogens (tertiary/aromatic N) is 3. The van der Waals surface area contributed by atoms with Crippen LogP contribution in [0, 0.1) is 41.5 Å². The highest BCUT2D eigenvalue weighted by Crippen LogP contribution is 2.28. The van der Waals surface area contributed by atoms with Gasteiger partial charge in [0.25, 0.3) is 5.91 Å². The lowest BCUT2D eigenvalue weighted by molar-refractivity contribution is -0.151. The lowest BCUT2D eigenvalue weighted by Crippen LogP contribution is -2.51. The summed E-state index contributed by atoms with van der Waals surface area (Å²) in [6, 6.07) is 11.5. The molecular weight excluding hydrogens is 878 g/mol. The Bertz CT molecular complexity index is 1910. The molecule has 0 bridgehead atoms. The molecule has 0 aliphatic carbocycles. The lowest BCUT2D eigenvalue weighted by atomic mass is 9.96. The Hall–Kier alpha value is -3.44. The molecule has 0 radical (unpaired) electrons. The second-order valence-electron chi connectivity index (χ2n) is 13.0. The number of pyridine rings is 2. The topological polar surface area (TPSA) is 148 Å². The molecule has 2 aromatic carbocycles. The number of carboxylic acids is 1. The second kappa shape index (κ2) is 19.4. The minimum atomic E-state index is -1.06. The van der Waals surface area contributed by atoms with Crippen molar-refractivity contribution in [2.45, 2.75) is 80.3 Å². The highest BCUT2D eigenvalue weighted by atomic mass is 128. The van der Waals surface area contributed by atoms with Crippen LogP contribution in [0.3, 0.4) is 0 Å². The monoisotopic (exact) mass is 928 g/mol. The molecule has 51 heavy (non-hydrogen) atoms. The van der Waals surface area contributed by atoms with Crippen molar-refractivity contribution >= 4 is 82.9 Å². The molecule has 4 aromatic rings. The van der Waals surface area contributed by atoms with E-state index in [-0.39, 0.29) is 11.9 Å². The Morgan fingerprint density at radius 1 is 0.725 bits per heavy atom. The smallest absolute Gasteiger partial charge is 0.336 e. The van der Waals surface area contributed by atoms with E-state index in [1.54, 1.807) is 48.7 Å². The van der Waals surface area contributed by atoms with Crippen molar-refractivity contribution in [3.05, 3.63) is 81.2 Å². The Morgan fingerprint density at radius 2 is 1.12 bits per heavy atom. The van der Waals surface area contributed by atoms with Crippen molar-refractivity contribution < 1.29 is 33.8 Å². The number of carboxylic acid groups (broad SMARTS) is 1. The van der Waals surface area contributed by atoms with Crippen molar-refractivity contribution in [1.29, 1.82) is 0 Å². The van der Waals surface area contributed by atoms with Crippen LogP contribution in [-0.2, 0) is 19.1 Å². The summed E-state index contributed by atoms with van der Waals surface area (Å²) >= 11 is 4.24. The Balaban J connectivity index is 0.000000414. The van der Waals surface area contributed by atoms with Crippen molar-refractivity contribution in [3.63, 3.8) is 0 Å². The zero-order chi connectivity index (χ0) is 39.6. The number of methoxy groups -OCH3 is 2. The number of fused-ring (bicyclic) bond motifs is 2. The normalized spacial score (nSPS) is 10.8. The average Bonchev–Trinajstić information content (AvgIpc) is 3.09. The first-order chi connectivity index (χ1) is 23.7. The number of aryl methyl sites for hydroxylation is 4. The highest BCUT2D eigenvalue weighted by molar-refractivity contribution is 15.0. The summed E-state index contributed by atoms with van der Waals surface area (Å²) in [5.41, 5.74) is 6.08. The van der Waals surface area contributed by atoms with Gasteiger partial charge in [0, 0.05) is 66.4 Å². The number of amides is 1. The molecule has 2 N–H and O–H groups in total. The number of hydrogen-bond acceptors (Lipinski definition) is 9. The van der Waals surface area contributed by atoms with Gasteiger partial charge in [-0.2, -0.15) is 0 Å². The van der Waals surface area contributed by atoms with Crippen LogP contribution in [0.15, 0.2) is 36.4 Å². The molecular formula is C38H50I2N4O7. The molecule has 1 amide bonds. The van der Waals surface area contributed by atoms with Crippen LogP contribution in [0.5, 0.6) is 0 Å². The van der Waals surface area contributed by atoms with E-state index in [1.807, 2.05) is 71.0 Å². The van der Waals surface area contributed by atoms with Gasteiger partial charge in [-0.05, 0) is 112 Å². The molecule has 2 heterocycles. The average molecular weight is 929 g/mol. The van der Waals surface area contributed by atoms with Gasteiger partial charge < -0.3 is 24.8 Å². The lowest BCUT2D eigenvalue weighted by Gasteiger charge is -2.33. The third kappa shape index (κ3) is 11.0. The number of benzene rings is 2. The number of rotatable bonds is 6. The fourth-order valence-electron chi connectivity index (χ4n) is 4.91. The molecule has 11 nitrogen and oxygen atoms in total. The highest BCUT2D eigenvalue weighted by Gasteiger charge is 2.38. The molecule has 0 atom stereocenters. The third-order valence-corrected chi connectivity index (χ3v) is 8.83. The predicted molar refractivity (Wildman–Crippen MR) is 220 cm³/mol. The Morgan fingerprint density at radius 3 is 1.47 bits per heavy atom. The van der Waals surface area contributed by atoms with E-state index in [9.17, 15) is 24.3 Å². The third-order valence-electron chi connectivity index (χ3n) is 8.83. The molecule has 0 aliphatic heterocycles. The number of ether oxygens (including phenoxy) is 2. The van der Waals surface area contributed by atoms with Gasteiger partial charge >= 0.3 is 17.9 Å². The Labute approximate surface area is 324 Å². The van der Waals surface area contributed by atoms with Gasteiger partial charge in [0.05, 0.1) is 36.4 Å². The minimum Gasteiger partial charge on any atom is -0.478 e. The van der Waals surface area contributed by atoms with Crippen LogP contribution in [0.4, 0.5) is 0 Å². The number of aromatic nitrogens is 2. The molecule has 0 fully saturated rings. The van der Waals surface area contributed by atoms with E-state index in [0.29, 0.717) is 11.1 Å². The van der Waals surface area contributed by atoms with Crippen molar-refractivity contribution in [3.8, 4) is 0 Å². The van der Waals surface area contributed by atoms with Crippen molar-refractivity contribution in [2.75, 3.05) is 28.3 Å². The van der Waals surface area contributed by atoms with E-state index in [0.717, 1.165) is 55.4 Å². The first-order valence-electron chi connectivity index (χ1n) is 15.9. The largest absolute Gasteiger partial charge is 0.478 e. The first-order valence-corrected chi connectivity index (χ1v) is 22.2. The molecule has 13 heteroatoms. The maximum Gasteiger partial charge on any atom is 0.336 e. The SMILES string of the molecule is CNC(C)(C)C(=O)OC.COC(=O)C(C)(C)N(C)C(=O)c1c(C)c(C)nc2ccc(C)cc12.Cc1ccc2nc(C)c(C)c(C(=O)O)c2c1.II. The molecule has 0 spiro atoms. The van der Waals surface area contributed by atoms with Crippen LogP contribution in [0.25, 0.3) is 21.8 Å². The van der Waals surface area contributed by atoms with Gasteiger partial charge in [0.2, 0.25) is 0 Å². The number of carbonyl (C=O) groups excluding carboxylic acids is 3. The maximum absolute atomic E-state index is 13.2. The number of nitrogens with one attached hydrogen (secondary N) is 1. The number of esters is 2. The van der Waals surface area contributed by atoms with Crippen molar-refractivity contribution in [1.82, 2.24) is 20.2 Å². The molecule has 4 rings (SSSR count). The van der Waals surface area contributed by atoms with Gasteiger partial charge in [-0.1, -0.05) is 23.3 Å². The number of hydrogen-bond donors (Lipinski definition) is 2. The quantitative estimate of drug-likeness (QED) is 0.144. The molecule has 0 saturated heterocycles. The van der Waals surface area contributed by atoms with Crippen LogP contribution in [0.2, 0.25) is 0 Å². The molecule has 0 unspecified atom stereocenters. The predicted octanol–water partition coefficient (Wildman–Crippen LogP) is 7.97. The zero-order valence-corrected chi connectivity index (χ0v) is 36.3. The second-order valence-corrected chi connectivity index (χ2v) is 13.0. The molecule has 2 aromatic heterocycles. The van der Waals surface area contributed by atoms with Crippen LogP contribution in [-0.4, -0.2) is 83.2 Å². The van der Waals surface area contributed by atoms with E-state index >= 15 is 0 Å². The number of halogens is 2. The van der Waals surface area contributed by atoms with E-state index < -0.39 is 23.0 Å². The van der Waals surface area contributed by atoms with Gasteiger partial charge in [0.15, 0.2) is 0 Å². The summed E-state index contributed by atoms with van der Waals surface area (Å²) in [5.74, 6) is -1.81. The van der Waals surface area contributed by atoms with Gasteiger partial charge in [-0.25, -0.2) is 9.59 Å². The fraction of sp³-hybridized carbons (Fsp3) is 0.421. The maximum atomic E-state index is 13.2. The number of carbonyl (C=O) groups is 4. The summed E-state index contributed by atoms with van der Waals surface area (Å²) in [6.45, 7) is 18.2. The summed E-state index contributed by atoms with van der Waals surface area (Å²) in [5, 5.41) is 13.6. The number of aromatic carboxylic acids is 1. The van der Waals surface area contributed by atoms with Gasteiger partial charge in [-0.15, -0.1) is 0 Å². The van der Waals surface area contributed by atoms with E-state index in [2.05, 4.69) is 57.3 Å². The standard InChI is InChI=1S/C19H24N2O3.C13H13NO2.C6H13NO2.I2/c1-11-8-9-15-14(10-11)16(12(2)13(3)20-15)17(22)21(6)19(4,5)18(23)24-7;1-7-4-5-11-10(6-7)12(13(15)16)8(2)9(3)14-11;1-6(2,7-3)5(8)9-4;1-2/h8-10H,1-7H3;4-6H,1-3H3,(H,15,16);7H,1-4H3;. The van der Waals surface area contributed by atoms with E-state index in [1.165, 1.54) is 19.1 Å². The van der Waals surface area contributed by atoms with Crippen LogP contribution >= 0.6 is 37.2 Å². The summed E-state index contributed by atoms with van der Waals surface area (Å²) < 4.78 is 9.34. The van der Waals surface area contributed by atoms with Gasteiger partial charge in [-0.3, -0.25) is 19.6 Å². The number of likely N-dealkylation sites (N-methyl/N-ethyl adjacent to an activating group) is 2. The fourth-order valence-corrected chi connectivity index (χ4v) is 4.91. The first kappa shape index (κ1) is 45.6. The summed E-state index contributed by atoms with van der Waals surface area (Å²) in [4.78, 5) is 57.7. The van der Waals surface area contributed by atoms with E-state index in [4.69, 9.17) is 4.74 Å². The molecule has 0 aliphatic rings. The minimum absolute atomic E-state index is 0.219. The Kier molecular flexibility index (Phi) is 17.3. The van der Waals surface area contributed by atoms with Crippen LogP contribution in [0.1, 0.15) is 82.1 Å². The van der Waals surface area contributed by atoms with Gasteiger partial charge in [0.1, 0.15) is 11.1 Å². The van der Waals surface area contributed by atoms with Crippen LogP contribution < -0.4 is 5.32 Å². The molecule has 278 valence electrons. The molecule has 0 saturated carbocycles. The summed E-state index contributed by atoms with van der Waals surface area (Å²) in [7, 11) is 6.04. The van der Waals surface area contributed by atoms with Crippen molar-refractivity contribution in [2.24, 2.45) is 0 Å². The summed E-state index contributed by atoms with van der Waals surface area (Å²) in [6.07, 6.45) is 0. The zero-order valence-electron chi connectivity index (χ0n) is 32.0.